The van der Waals surface area contributed by atoms with Crippen LogP contribution in [-0.4, -0.2) is 9.13 Å². The number of nitriles is 1. The summed E-state index contributed by atoms with van der Waals surface area (Å²) in [4.78, 5) is 0. The first-order valence-corrected chi connectivity index (χ1v) is 14.5. The van der Waals surface area contributed by atoms with Gasteiger partial charge in [0.05, 0.1) is 44.1 Å². The van der Waals surface area contributed by atoms with Gasteiger partial charge in [-0.05, 0) is 54.6 Å². The lowest BCUT2D eigenvalue weighted by Gasteiger charge is -2.09. The lowest BCUT2D eigenvalue weighted by Crippen LogP contribution is -1.94. The predicted octanol–water partition coefficient (Wildman–Crippen LogP) is 10.1. The number of nitrogens with zero attached hydrogens (tertiary/aromatic N) is 3. The summed E-state index contributed by atoms with van der Waals surface area (Å²) in [5, 5.41) is 17.0. The Hall–Kier alpha value is -5.37. The van der Waals surface area contributed by atoms with Crippen molar-refractivity contribution in [2.24, 2.45) is 0 Å². The van der Waals surface area contributed by atoms with Gasteiger partial charge in [0.2, 0.25) is 0 Å². The van der Waals surface area contributed by atoms with Crippen LogP contribution in [-0.2, 0) is 0 Å². The topological polar surface area (TPSA) is 33.6 Å². The molecule has 6 aromatic carbocycles. The summed E-state index contributed by atoms with van der Waals surface area (Å²) in [5.41, 5.74) is 7.60. The molecule has 0 amide bonds. The minimum absolute atomic E-state index is 0.666. The summed E-state index contributed by atoms with van der Waals surface area (Å²) in [5.74, 6) is 0. The third-order valence-electron chi connectivity index (χ3n) is 8.34. The van der Waals surface area contributed by atoms with Crippen LogP contribution in [0.1, 0.15) is 5.56 Å². The van der Waals surface area contributed by atoms with Crippen LogP contribution in [0.2, 0.25) is 0 Å². The van der Waals surface area contributed by atoms with Crippen molar-refractivity contribution in [1.82, 2.24) is 9.13 Å². The molecule has 0 radical (unpaired) electrons. The largest absolute Gasteiger partial charge is 0.309 e. The van der Waals surface area contributed by atoms with Crippen molar-refractivity contribution in [2.45, 2.75) is 0 Å². The van der Waals surface area contributed by atoms with Gasteiger partial charge in [-0.2, -0.15) is 5.26 Å². The Morgan fingerprint density at radius 1 is 0.488 bits per heavy atom. The molecule has 0 unspecified atom stereocenters. The van der Waals surface area contributed by atoms with E-state index in [0.717, 1.165) is 22.1 Å². The van der Waals surface area contributed by atoms with Gasteiger partial charge in [0.15, 0.2) is 0 Å². The summed E-state index contributed by atoms with van der Waals surface area (Å²) in [6, 6.07) is 47.6. The van der Waals surface area contributed by atoms with Gasteiger partial charge in [-0.1, -0.05) is 72.8 Å². The van der Waals surface area contributed by atoms with Gasteiger partial charge < -0.3 is 9.13 Å². The summed E-state index contributed by atoms with van der Waals surface area (Å²) in [6.45, 7) is 0. The molecule has 190 valence electrons. The number of para-hydroxylation sites is 3. The highest BCUT2D eigenvalue weighted by Crippen LogP contribution is 2.42. The van der Waals surface area contributed by atoms with Crippen molar-refractivity contribution in [1.29, 1.82) is 5.26 Å². The predicted molar refractivity (Wildman–Crippen MR) is 173 cm³/mol. The van der Waals surface area contributed by atoms with Crippen molar-refractivity contribution in [3.63, 3.8) is 0 Å². The number of hydrogen-bond acceptors (Lipinski definition) is 2. The fourth-order valence-corrected chi connectivity index (χ4v) is 7.77. The smallest absolute Gasteiger partial charge is 0.0992 e. The lowest BCUT2D eigenvalue weighted by atomic mass is 10.1. The minimum Gasteiger partial charge on any atom is -0.309 e. The monoisotopic (exact) mass is 539 g/mol. The Balaban J connectivity index is 1.34. The molecule has 0 aliphatic heterocycles. The number of fused-ring (bicyclic) bond motifs is 9. The maximum atomic E-state index is 9.64. The van der Waals surface area contributed by atoms with Crippen molar-refractivity contribution in [3.05, 3.63) is 133 Å². The molecule has 3 heterocycles. The van der Waals surface area contributed by atoms with Gasteiger partial charge in [0, 0.05) is 42.7 Å². The van der Waals surface area contributed by atoms with Gasteiger partial charge in [-0.3, -0.25) is 0 Å². The van der Waals surface area contributed by atoms with Gasteiger partial charge in [-0.15, -0.1) is 11.3 Å². The van der Waals surface area contributed by atoms with Crippen LogP contribution in [0.5, 0.6) is 0 Å². The molecule has 0 saturated heterocycles. The van der Waals surface area contributed by atoms with E-state index in [0.29, 0.717) is 5.56 Å². The zero-order chi connectivity index (χ0) is 27.1. The molecule has 9 rings (SSSR count). The van der Waals surface area contributed by atoms with E-state index in [4.69, 9.17) is 0 Å². The summed E-state index contributed by atoms with van der Waals surface area (Å²) in [7, 11) is 0. The molecule has 0 fully saturated rings. The maximum Gasteiger partial charge on any atom is 0.0992 e. The van der Waals surface area contributed by atoms with Crippen molar-refractivity contribution >= 4 is 75.1 Å². The fraction of sp³-hybridized carbons (Fsp3) is 0. The Morgan fingerprint density at radius 3 is 1.78 bits per heavy atom. The molecule has 0 aliphatic carbocycles. The normalized spacial score (nSPS) is 11.9. The zero-order valence-electron chi connectivity index (χ0n) is 21.9. The number of hydrogen-bond donors (Lipinski definition) is 0. The highest BCUT2D eigenvalue weighted by atomic mass is 32.1. The standard InChI is InChI=1S/C37H21N3S/c38-22-23-16-18-28-27-10-1-4-12-31(27)39(35(28)20-23)24-17-19-36-30(21-24)29-11-7-15-34(37(29)41-36)40-32-13-5-2-8-25(32)26-9-3-6-14-33(26)40/h1-21H. The van der Waals surface area contributed by atoms with Crippen LogP contribution in [0.25, 0.3) is 75.2 Å². The SMILES string of the molecule is N#Cc1ccc2c3ccccc3n(-c3ccc4sc5c(-n6c7ccccc7c7ccccc76)cccc5c4c3)c2c1. The van der Waals surface area contributed by atoms with Crippen LogP contribution in [0.3, 0.4) is 0 Å². The molecule has 0 bridgehead atoms. The molecule has 0 aliphatic rings. The van der Waals surface area contributed by atoms with E-state index < -0.39 is 0 Å². The second kappa shape index (κ2) is 8.32. The second-order valence-corrected chi connectivity index (χ2v) is 11.6. The molecule has 41 heavy (non-hydrogen) atoms. The third kappa shape index (κ3) is 3.07. The van der Waals surface area contributed by atoms with Gasteiger partial charge in [0.25, 0.3) is 0 Å². The van der Waals surface area contributed by atoms with E-state index in [9.17, 15) is 5.26 Å². The van der Waals surface area contributed by atoms with Crippen LogP contribution in [0, 0.1) is 11.3 Å². The maximum absolute atomic E-state index is 9.64. The van der Waals surface area contributed by atoms with Gasteiger partial charge in [-0.25, -0.2) is 0 Å². The molecular formula is C37H21N3S. The highest BCUT2D eigenvalue weighted by Gasteiger charge is 2.18. The Labute approximate surface area is 239 Å². The van der Waals surface area contributed by atoms with E-state index in [1.165, 1.54) is 53.1 Å². The minimum atomic E-state index is 0.666. The molecule has 0 saturated carbocycles. The van der Waals surface area contributed by atoms with E-state index in [2.05, 4.69) is 130 Å². The molecule has 0 spiro atoms. The molecule has 3 aromatic heterocycles. The third-order valence-corrected chi connectivity index (χ3v) is 9.55. The number of benzene rings is 6. The molecule has 4 heteroatoms. The first kappa shape index (κ1) is 22.4. The van der Waals surface area contributed by atoms with Crippen molar-refractivity contribution in [2.75, 3.05) is 0 Å². The zero-order valence-corrected chi connectivity index (χ0v) is 22.7. The van der Waals surface area contributed by atoms with Crippen LogP contribution < -0.4 is 0 Å². The van der Waals surface area contributed by atoms with Crippen molar-refractivity contribution in [3.8, 4) is 17.4 Å². The second-order valence-electron chi connectivity index (χ2n) is 10.5. The van der Waals surface area contributed by atoms with E-state index >= 15 is 0 Å². The Kier molecular flexibility index (Phi) is 4.55. The van der Waals surface area contributed by atoms with E-state index in [-0.39, 0.29) is 0 Å². The summed E-state index contributed by atoms with van der Waals surface area (Å²) < 4.78 is 7.25. The number of rotatable bonds is 2. The Morgan fingerprint density at radius 2 is 1.10 bits per heavy atom. The summed E-state index contributed by atoms with van der Waals surface area (Å²) >= 11 is 1.85. The molecular weight excluding hydrogens is 518 g/mol. The van der Waals surface area contributed by atoms with Crippen LogP contribution in [0.15, 0.2) is 127 Å². The average molecular weight is 540 g/mol. The quantitative estimate of drug-likeness (QED) is 0.215. The van der Waals surface area contributed by atoms with Crippen LogP contribution in [0.4, 0.5) is 0 Å². The van der Waals surface area contributed by atoms with Gasteiger partial charge >= 0.3 is 0 Å². The first-order chi connectivity index (χ1) is 20.3. The fourth-order valence-electron chi connectivity index (χ4n) is 6.59. The van der Waals surface area contributed by atoms with Crippen molar-refractivity contribution < 1.29 is 0 Å². The van der Waals surface area contributed by atoms with E-state index in [1.54, 1.807) is 0 Å². The molecule has 3 nitrogen and oxygen atoms in total. The lowest BCUT2D eigenvalue weighted by molar-refractivity contribution is 1.19. The highest BCUT2D eigenvalue weighted by molar-refractivity contribution is 7.26. The van der Waals surface area contributed by atoms with Crippen LogP contribution >= 0.6 is 11.3 Å². The Bertz CT molecular complexity index is 2500. The number of thiophene rings is 1. The molecule has 9 aromatic rings. The van der Waals surface area contributed by atoms with Gasteiger partial charge in [0.1, 0.15) is 0 Å². The molecule has 0 atom stereocenters. The summed E-state index contributed by atoms with van der Waals surface area (Å²) in [6.07, 6.45) is 0. The first-order valence-electron chi connectivity index (χ1n) is 13.7. The van der Waals surface area contributed by atoms with E-state index in [1.807, 2.05) is 23.5 Å². The number of aromatic nitrogens is 2. The molecule has 0 N–H and O–H groups in total. The average Bonchev–Trinajstić information content (AvgIpc) is 3.68.